The van der Waals surface area contributed by atoms with Crippen molar-refractivity contribution in [3.63, 3.8) is 0 Å². The predicted molar refractivity (Wildman–Crippen MR) is 81.6 cm³/mol. The average Bonchev–Trinajstić information content (AvgIpc) is 2.98. The van der Waals surface area contributed by atoms with Crippen LogP contribution in [-0.2, 0) is 22.6 Å². The van der Waals surface area contributed by atoms with Crippen LogP contribution in [-0.4, -0.2) is 28.2 Å². The molecule has 22 heavy (non-hydrogen) atoms. The zero-order chi connectivity index (χ0) is 15.8. The van der Waals surface area contributed by atoms with Crippen molar-refractivity contribution in [3.8, 4) is 0 Å². The molecule has 7 heteroatoms. The maximum Gasteiger partial charge on any atom is 0.407 e. The number of hydrogen-bond acceptors (Lipinski definition) is 5. The van der Waals surface area contributed by atoms with Crippen molar-refractivity contribution in [2.45, 2.75) is 25.5 Å². The molecular formula is C15H16N2O4S. The van der Waals surface area contributed by atoms with Gasteiger partial charge in [-0.15, -0.1) is 11.3 Å². The predicted octanol–water partition coefficient (Wildman–Crippen LogP) is 2.46. The number of benzene rings is 1. The molecule has 2 N–H and O–H groups in total. The molecule has 0 aliphatic carbocycles. The standard InChI is InChI=1S/C15H16N2O4S/c18-14(19)9-12(8-13-16-6-7-22-13)17-15(20)21-10-11-4-2-1-3-5-11/h1-7,12H,8-10H2,(H,17,20)(H,18,19). The van der Waals surface area contributed by atoms with E-state index in [9.17, 15) is 9.59 Å². The number of thiazole rings is 1. The Kier molecular flexibility index (Phi) is 5.91. The zero-order valence-electron chi connectivity index (χ0n) is 11.8. The summed E-state index contributed by atoms with van der Waals surface area (Å²) in [4.78, 5) is 26.8. The van der Waals surface area contributed by atoms with Gasteiger partial charge < -0.3 is 15.2 Å². The summed E-state index contributed by atoms with van der Waals surface area (Å²) in [6.07, 6.45) is 1.20. The van der Waals surface area contributed by atoms with Gasteiger partial charge in [0.15, 0.2) is 0 Å². The van der Waals surface area contributed by atoms with Crippen molar-refractivity contribution in [2.24, 2.45) is 0 Å². The number of nitrogens with one attached hydrogen (secondary N) is 1. The van der Waals surface area contributed by atoms with Crippen LogP contribution in [0.3, 0.4) is 0 Å². The van der Waals surface area contributed by atoms with Crippen LogP contribution in [0, 0.1) is 0 Å². The van der Waals surface area contributed by atoms with Crippen LogP contribution in [0.2, 0.25) is 0 Å². The highest BCUT2D eigenvalue weighted by Gasteiger charge is 2.18. The molecular weight excluding hydrogens is 304 g/mol. The first-order valence-corrected chi connectivity index (χ1v) is 7.59. The minimum atomic E-state index is -0.982. The SMILES string of the molecule is O=C(O)CC(Cc1nccs1)NC(=O)OCc1ccccc1. The van der Waals surface area contributed by atoms with Crippen molar-refractivity contribution in [3.05, 3.63) is 52.5 Å². The molecule has 1 amide bonds. The number of nitrogens with zero attached hydrogens (tertiary/aromatic N) is 1. The Hall–Kier alpha value is -2.41. The number of amides is 1. The Morgan fingerprint density at radius 2 is 2.09 bits per heavy atom. The Balaban J connectivity index is 1.85. The quantitative estimate of drug-likeness (QED) is 0.818. The van der Waals surface area contributed by atoms with Crippen LogP contribution in [0.15, 0.2) is 41.9 Å². The molecule has 1 aromatic heterocycles. The maximum atomic E-state index is 11.8. The second kappa shape index (κ2) is 8.14. The summed E-state index contributed by atoms with van der Waals surface area (Å²) in [7, 11) is 0. The lowest BCUT2D eigenvalue weighted by Crippen LogP contribution is -2.38. The molecule has 1 aromatic carbocycles. The van der Waals surface area contributed by atoms with Crippen LogP contribution in [0.5, 0.6) is 0 Å². The van der Waals surface area contributed by atoms with Crippen LogP contribution >= 0.6 is 11.3 Å². The minimum Gasteiger partial charge on any atom is -0.481 e. The monoisotopic (exact) mass is 320 g/mol. The largest absolute Gasteiger partial charge is 0.481 e. The molecule has 1 heterocycles. The highest BCUT2D eigenvalue weighted by atomic mass is 32.1. The van der Waals surface area contributed by atoms with Crippen LogP contribution < -0.4 is 5.32 Å². The van der Waals surface area contributed by atoms with Gasteiger partial charge >= 0.3 is 12.1 Å². The van der Waals surface area contributed by atoms with E-state index in [-0.39, 0.29) is 13.0 Å². The number of aromatic nitrogens is 1. The summed E-state index contributed by atoms with van der Waals surface area (Å²) >= 11 is 1.42. The summed E-state index contributed by atoms with van der Waals surface area (Å²) in [5.74, 6) is -0.982. The van der Waals surface area contributed by atoms with E-state index in [0.29, 0.717) is 6.42 Å². The van der Waals surface area contributed by atoms with Gasteiger partial charge in [-0.3, -0.25) is 4.79 Å². The fourth-order valence-electron chi connectivity index (χ4n) is 1.88. The normalized spacial score (nSPS) is 11.6. The Labute approximate surface area is 131 Å². The summed E-state index contributed by atoms with van der Waals surface area (Å²) in [5.41, 5.74) is 0.868. The number of carbonyl (C=O) groups excluding carboxylic acids is 1. The number of carboxylic acid groups (broad SMARTS) is 1. The fourth-order valence-corrected chi connectivity index (χ4v) is 2.58. The number of carbonyl (C=O) groups is 2. The van der Waals surface area contributed by atoms with Crippen LogP contribution in [0.25, 0.3) is 0 Å². The third-order valence-corrected chi connectivity index (χ3v) is 3.66. The molecule has 0 aliphatic rings. The maximum absolute atomic E-state index is 11.8. The van der Waals surface area contributed by atoms with E-state index in [0.717, 1.165) is 10.6 Å². The van der Waals surface area contributed by atoms with Crippen molar-refractivity contribution in [1.29, 1.82) is 0 Å². The number of hydrogen-bond donors (Lipinski definition) is 2. The topological polar surface area (TPSA) is 88.5 Å². The van der Waals surface area contributed by atoms with Gasteiger partial charge in [0.2, 0.25) is 0 Å². The summed E-state index contributed by atoms with van der Waals surface area (Å²) in [5, 5.41) is 14.1. The number of rotatable bonds is 7. The molecule has 0 fully saturated rings. The van der Waals surface area contributed by atoms with E-state index < -0.39 is 18.1 Å². The van der Waals surface area contributed by atoms with E-state index in [1.54, 1.807) is 11.6 Å². The highest BCUT2D eigenvalue weighted by molar-refractivity contribution is 7.09. The average molecular weight is 320 g/mol. The zero-order valence-corrected chi connectivity index (χ0v) is 12.6. The van der Waals surface area contributed by atoms with Crippen LogP contribution in [0.4, 0.5) is 4.79 Å². The van der Waals surface area contributed by atoms with E-state index in [4.69, 9.17) is 9.84 Å². The Morgan fingerprint density at radius 1 is 1.32 bits per heavy atom. The van der Waals surface area contributed by atoms with Gasteiger partial charge in [0.1, 0.15) is 6.61 Å². The summed E-state index contributed by atoms with van der Waals surface area (Å²) in [6.45, 7) is 0.143. The van der Waals surface area contributed by atoms with Crippen molar-refractivity contribution in [1.82, 2.24) is 10.3 Å². The summed E-state index contributed by atoms with van der Waals surface area (Å²) < 4.78 is 5.10. The number of ether oxygens (including phenoxy) is 1. The van der Waals surface area contributed by atoms with Gasteiger partial charge in [0.25, 0.3) is 0 Å². The molecule has 116 valence electrons. The lowest BCUT2D eigenvalue weighted by molar-refractivity contribution is -0.137. The van der Waals surface area contributed by atoms with Gasteiger partial charge in [-0.1, -0.05) is 30.3 Å². The van der Waals surface area contributed by atoms with Crippen molar-refractivity contribution >= 4 is 23.4 Å². The first-order valence-electron chi connectivity index (χ1n) is 6.71. The smallest absolute Gasteiger partial charge is 0.407 e. The molecule has 0 saturated carbocycles. The molecule has 0 aliphatic heterocycles. The van der Waals surface area contributed by atoms with Crippen LogP contribution in [0.1, 0.15) is 17.0 Å². The number of carboxylic acids is 1. The van der Waals surface area contributed by atoms with Gasteiger partial charge in [-0.2, -0.15) is 0 Å². The molecule has 1 atom stereocenters. The molecule has 0 radical (unpaired) electrons. The molecule has 2 rings (SSSR count). The number of aliphatic carboxylic acids is 1. The Bertz CT molecular complexity index is 601. The van der Waals surface area contributed by atoms with Gasteiger partial charge in [-0.05, 0) is 5.56 Å². The molecule has 1 unspecified atom stereocenters. The Morgan fingerprint density at radius 3 is 2.73 bits per heavy atom. The molecule has 6 nitrogen and oxygen atoms in total. The molecule has 0 saturated heterocycles. The molecule has 0 spiro atoms. The first-order chi connectivity index (χ1) is 10.6. The lowest BCUT2D eigenvalue weighted by Gasteiger charge is -2.15. The van der Waals surface area contributed by atoms with E-state index >= 15 is 0 Å². The van der Waals surface area contributed by atoms with Gasteiger partial charge in [0, 0.05) is 24.0 Å². The van der Waals surface area contributed by atoms with E-state index in [2.05, 4.69) is 10.3 Å². The van der Waals surface area contributed by atoms with Crippen molar-refractivity contribution < 1.29 is 19.4 Å². The van der Waals surface area contributed by atoms with Crippen molar-refractivity contribution in [2.75, 3.05) is 0 Å². The third-order valence-electron chi connectivity index (χ3n) is 2.86. The lowest BCUT2D eigenvalue weighted by atomic mass is 10.1. The number of alkyl carbamates (subject to hydrolysis) is 1. The van der Waals surface area contributed by atoms with Gasteiger partial charge in [-0.25, -0.2) is 9.78 Å². The highest BCUT2D eigenvalue weighted by Crippen LogP contribution is 2.10. The summed E-state index contributed by atoms with van der Waals surface area (Å²) in [6, 6.07) is 8.72. The molecule has 2 aromatic rings. The van der Waals surface area contributed by atoms with E-state index in [1.807, 2.05) is 30.3 Å². The molecule has 0 bridgehead atoms. The third kappa shape index (κ3) is 5.53. The first kappa shape index (κ1) is 16.0. The van der Waals surface area contributed by atoms with Gasteiger partial charge in [0.05, 0.1) is 11.4 Å². The second-order valence-corrected chi connectivity index (χ2v) is 5.61. The fraction of sp³-hybridized carbons (Fsp3) is 0.267. The van der Waals surface area contributed by atoms with E-state index in [1.165, 1.54) is 11.3 Å². The second-order valence-electron chi connectivity index (χ2n) is 4.63. The minimum absolute atomic E-state index is 0.143.